The summed E-state index contributed by atoms with van der Waals surface area (Å²) in [6.45, 7) is 0.0836. The van der Waals surface area contributed by atoms with Gasteiger partial charge in [0, 0.05) is 17.2 Å². The van der Waals surface area contributed by atoms with E-state index in [1.165, 1.54) is 0 Å². The quantitative estimate of drug-likeness (QED) is 0.932. The summed E-state index contributed by atoms with van der Waals surface area (Å²) in [6, 6.07) is 9.00. The molecule has 0 radical (unpaired) electrons. The Bertz CT molecular complexity index is 802. The van der Waals surface area contributed by atoms with Crippen molar-refractivity contribution >= 4 is 0 Å². The van der Waals surface area contributed by atoms with E-state index >= 15 is 0 Å². The Morgan fingerprint density at radius 1 is 1.08 bits per heavy atom. The summed E-state index contributed by atoms with van der Waals surface area (Å²) in [5.74, 6) is 2.83. The van der Waals surface area contributed by atoms with Crippen LogP contribution in [0.2, 0.25) is 0 Å². The van der Waals surface area contributed by atoms with Crippen LogP contribution in [0.1, 0.15) is 17.2 Å². The van der Waals surface area contributed by atoms with Gasteiger partial charge >= 0.3 is 0 Å². The minimum Gasteiger partial charge on any atom is -0.497 e. The van der Waals surface area contributed by atoms with Gasteiger partial charge in [-0.3, -0.25) is 0 Å². The Kier molecular flexibility index (Phi) is 3.25. The summed E-state index contributed by atoms with van der Waals surface area (Å²) in [5, 5.41) is 11.2. The molecule has 1 N–H and O–H groups in total. The van der Waals surface area contributed by atoms with Crippen LogP contribution >= 0.6 is 0 Å². The minimum atomic E-state index is -1.28. The fourth-order valence-electron chi connectivity index (χ4n) is 3.36. The molecule has 0 bridgehead atoms. The fraction of sp³-hybridized carbons (Fsp3) is 0.333. The predicted molar refractivity (Wildman–Crippen MR) is 85.3 cm³/mol. The number of hydrogen-bond donors (Lipinski definition) is 1. The lowest BCUT2D eigenvalue weighted by Gasteiger charge is -2.34. The Morgan fingerprint density at radius 2 is 1.92 bits per heavy atom. The third-order valence-electron chi connectivity index (χ3n) is 4.59. The van der Waals surface area contributed by atoms with E-state index in [1.807, 2.05) is 12.1 Å². The lowest BCUT2D eigenvalue weighted by atomic mass is 9.85. The van der Waals surface area contributed by atoms with Gasteiger partial charge in [-0.2, -0.15) is 0 Å². The van der Waals surface area contributed by atoms with Crippen LogP contribution in [0.4, 0.5) is 0 Å². The first-order valence-electron chi connectivity index (χ1n) is 7.57. The molecule has 2 aromatic carbocycles. The Morgan fingerprint density at radius 3 is 2.62 bits per heavy atom. The van der Waals surface area contributed by atoms with Crippen molar-refractivity contribution < 1.29 is 28.8 Å². The van der Waals surface area contributed by atoms with Crippen LogP contribution in [0, 0.1) is 0 Å². The molecule has 2 atom stereocenters. The van der Waals surface area contributed by atoms with Crippen LogP contribution in [0.25, 0.3) is 0 Å². The molecule has 6 nitrogen and oxygen atoms in total. The summed E-state index contributed by atoms with van der Waals surface area (Å²) in [7, 11) is 4.70. The van der Waals surface area contributed by atoms with Crippen molar-refractivity contribution in [3.05, 3.63) is 41.5 Å². The van der Waals surface area contributed by atoms with E-state index in [1.54, 1.807) is 39.5 Å². The first-order valence-corrected chi connectivity index (χ1v) is 7.57. The van der Waals surface area contributed by atoms with E-state index in [9.17, 15) is 5.11 Å². The first-order chi connectivity index (χ1) is 11.6. The van der Waals surface area contributed by atoms with Crippen LogP contribution in [0.3, 0.4) is 0 Å². The van der Waals surface area contributed by atoms with Gasteiger partial charge in [0.1, 0.15) is 18.1 Å². The maximum atomic E-state index is 11.2. The standard InChI is InChI=1S/C18H18O6/c1-20-10-4-5-11-14(8-10)23-9-18(19)12-6-7-13(21-2)16(22-3)15(12)24-17(11)18/h4-8,17,19H,9H2,1-3H3/t17-,18+/m0/s1. The molecule has 0 amide bonds. The summed E-state index contributed by atoms with van der Waals surface area (Å²) in [4.78, 5) is 0. The number of hydrogen-bond acceptors (Lipinski definition) is 6. The molecule has 0 aliphatic carbocycles. The zero-order valence-corrected chi connectivity index (χ0v) is 13.7. The molecular formula is C18H18O6. The van der Waals surface area contributed by atoms with Crippen molar-refractivity contribution in [2.75, 3.05) is 27.9 Å². The van der Waals surface area contributed by atoms with Crippen LogP contribution in [0.15, 0.2) is 30.3 Å². The summed E-state index contributed by atoms with van der Waals surface area (Å²) < 4.78 is 27.9. The van der Waals surface area contributed by atoms with E-state index in [0.717, 1.165) is 5.56 Å². The lowest BCUT2D eigenvalue weighted by Crippen LogP contribution is -2.41. The first kappa shape index (κ1) is 15.0. The molecule has 2 aliphatic heterocycles. The van der Waals surface area contributed by atoms with Gasteiger partial charge in [0.25, 0.3) is 0 Å². The lowest BCUT2D eigenvalue weighted by molar-refractivity contribution is -0.0865. The molecular weight excluding hydrogens is 312 g/mol. The van der Waals surface area contributed by atoms with Crippen LogP contribution in [-0.4, -0.2) is 33.0 Å². The van der Waals surface area contributed by atoms with Gasteiger partial charge in [-0.25, -0.2) is 0 Å². The van der Waals surface area contributed by atoms with Gasteiger partial charge in [-0.05, 0) is 24.3 Å². The van der Waals surface area contributed by atoms with Crippen LogP contribution < -0.4 is 23.7 Å². The highest BCUT2D eigenvalue weighted by atomic mass is 16.6. The van der Waals surface area contributed by atoms with Gasteiger partial charge in [-0.1, -0.05) is 0 Å². The topological polar surface area (TPSA) is 66.4 Å². The molecule has 2 aromatic rings. The Balaban J connectivity index is 1.85. The average Bonchev–Trinajstić information content (AvgIpc) is 2.93. The predicted octanol–water partition coefficient (Wildman–Crippen LogP) is 2.43. The van der Waals surface area contributed by atoms with Gasteiger partial charge in [-0.15, -0.1) is 0 Å². The molecule has 0 aromatic heterocycles. The number of fused-ring (bicyclic) bond motifs is 5. The normalized spacial score (nSPS) is 23.2. The Labute approximate surface area is 139 Å². The second-order valence-corrected chi connectivity index (χ2v) is 5.79. The van der Waals surface area contributed by atoms with E-state index in [-0.39, 0.29) is 6.61 Å². The molecule has 0 saturated carbocycles. The van der Waals surface area contributed by atoms with E-state index < -0.39 is 11.7 Å². The van der Waals surface area contributed by atoms with Crippen molar-refractivity contribution in [1.82, 2.24) is 0 Å². The zero-order valence-electron chi connectivity index (χ0n) is 13.7. The van der Waals surface area contributed by atoms with Gasteiger partial charge in [0.15, 0.2) is 23.2 Å². The molecule has 0 spiro atoms. The van der Waals surface area contributed by atoms with E-state index in [0.29, 0.717) is 34.3 Å². The van der Waals surface area contributed by atoms with Gasteiger partial charge < -0.3 is 28.8 Å². The Hall–Kier alpha value is -2.60. The second kappa shape index (κ2) is 5.21. The van der Waals surface area contributed by atoms with Crippen LogP contribution in [-0.2, 0) is 5.60 Å². The van der Waals surface area contributed by atoms with Crippen molar-refractivity contribution in [2.24, 2.45) is 0 Å². The number of rotatable bonds is 3. The highest BCUT2D eigenvalue weighted by Crippen LogP contribution is 2.58. The summed E-state index contributed by atoms with van der Waals surface area (Å²) >= 11 is 0. The van der Waals surface area contributed by atoms with E-state index in [2.05, 4.69) is 0 Å². The fourth-order valence-corrected chi connectivity index (χ4v) is 3.36. The van der Waals surface area contributed by atoms with Crippen molar-refractivity contribution in [3.8, 4) is 28.7 Å². The molecule has 0 saturated heterocycles. The molecule has 6 heteroatoms. The highest BCUT2D eigenvalue weighted by Gasteiger charge is 2.54. The van der Waals surface area contributed by atoms with Crippen molar-refractivity contribution in [3.63, 3.8) is 0 Å². The summed E-state index contributed by atoms with van der Waals surface area (Å²) in [6.07, 6.45) is -0.580. The van der Waals surface area contributed by atoms with Crippen molar-refractivity contribution in [2.45, 2.75) is 11.7 Å². The molecule has 0 fully saturated rings. The molecule has 24 heavy (non-hydrogen) atoms. The average molecular weight is 330 g/mol. The zero-order chi connectivity index (χ0) is 16.9. The smallest absolute Gasteiger partial charge is 0.203 e. The SMILES string of the molecule is COc1ccc2c(c1)OC[C@@]1(O)c3ccc(OC)c(OC)c3O[C@@H]21. The van der Waals surface area contributed by atoms with E-state index in [4.69, 9.17) is 23.7 Å². The van der Waals surface area contributed by atoms with Gasteiger partial charge in [0.2, 0.25) is 5.75 Å². The van der Waals surface area contributed by atoms with Gasteiger partial charge in [0.05, 0.1) is 21.3 Å². The van der Waals surface area contributed by atoms with Crippen molar-refractivity contribution in [1.29, 1.82) is 0 Å². The largest absolute Gasteiger partial charge is 0.497 e. The third-order valence-corrected chi connectivity index (χ3v) is 4.59. The molecule has 4 rings (SSSR count). The third kappa shape index (κ3) is 1.86. The maximum Gasteiger partial charge on any atom is 0.203 e. The molecule has 2 aliphatic rings. The molecule has 0 unspecified atom stereocenters. The minimum absolute atomic E-state index is 0.0836. The number of methoxy groups -OCH3 is 3. The number of ether oxygens (including phenoxy) is 5. The second-order valence-electron chi connectivity index (χ2n) is 5.79. The van der Waals surface area contributed by atoms with Crippen LogP contribution in [0.5, 0.6) is 28.7 Å². The monoisotopic (exact) mass is 330 g/mol. The number of benzene rings is 2. The highest BCUT2D eigenvalue weighted by molar-refractivity contribution is 5.62. The number of aliphatic hydroxyl groups is 1. The molecule has 2 heterocycles. The summed E-state index contributed by atoms with van der Waals surface area (Å²) in [5.41, 5.74) is 0.115. The molecule has 126 valence electrons. The maximum absolute atomic E-state index is 11.2.